The third-order valence-electron chi connectivity index (χ3n) is 11.3. The van der Waals surface area contributed by atoms with Crippen LogP contribution in [0.4, 0.5) is 0 Å². The minimum Gasteiger partial charge on any atom is -0.462 e. The molecule has 11 nitrogen and oxygen atoms in total. The highest BCUT2D eigenvalue weighted by atomic mass is 31.2. The zero-order chi connectivity index (χ0) is 55.5. The molecule has 0 aliphatic rings. The molecule has 0 aromatic heterocycles. The molecule has 0 rings (SSSR count). The number of carbonyl (C=O) groups is 3. The van der Waals surface area contributed by atoms with Gasteiger partial charge in [0.05, 0.1) is 26.2 Å². The van der Waals surface area contributed by atoms with E-state index in [0.29, 0.717) is 19.3 Å². The molecule has 0 fully saturated rings. The van der Waals surface area contributed by atoms with Gasteiger partial charge in [-0.15, -0.1) is 0 Å². The van der Waals surface area contributed by atoms with Crippen molar-refractivity contribution in [1.29, 1.82) is 0 Å². The maximum atomic E-state index is 12.9. The molecular formula is C64H101O11P. The van der Waals surface area contributed by atoms with Crippen molar-refractivity contribution in [2.24, 2.45) is 0 Å². The molecule has 0 amide bonds. The molecule has 3 unspecified atom stereocenters. The summed E-state index contributed by atoms with van der Waals surface area (Å²) in [5.74, 6) is -1.66. The Hall–Kier alpha value is -4.64. The molecular weight excluding hydrogens is 976 g/mol. The van der Waals surface area contributed by atoms with Gasteiger partial charge < -0.3 is 24.2 Å². The van der Waals surface area contributed by atoms with Gasteiger partial charge in [-0.3, -0.25) is 23.4 Å². The number of unbranched alkanes of at least 4 members (excludes halogenated alkanes) is 11. The van der Waals surface area contributed by atoms with E-state index in [2.05, 4.69) is 142 Å². The standard InChI is InChI=1S/C64H101O11P/c1-4-7-10-13-16-19-22-25-28-29-30-31-34-37-40-43-46-49-52-55-64(68)75-61(57-71-62(66)53-50-47-44-41-38-35-32-26-23-20-17-14-11-8-5-2)59-73-76(69,70)72-58-60(56-65)74-63(67)54-51-48-45-42-39-36-33-27-24-21-18-15-12-9-6-3/h7-12,16-21,25-28,30-33,39,42,48,51,60-61,65H,4-6,13-15,22-24,29,34-38,40-41,43-47,49-50,52-59H2,1-3H3,(H,69,70)/b10-7-,11-8-,12-9-,19-16-,20-17-,21-18-,28-25-,31-30-,32-26-,33-27-,42-39-,51-48-. The quantitative estimate of drug-likeness (QED) is 0.0197. The van der Waals surface area contributed by atoms with Gasteiger partial charge in [0.15, 0.2) is 6.10 Å². The molecule has 76 heavy (non-hydrogen) atoms. The minimum absolute atomic E-state index is 0.0649. The summed E-state index contributed by atoms with van der Waals surface area (Å²) in [5.41, 5.74) is 0. The Labute approximate surface area is 461 Å². The van der Waals surface area contributed by atoms with Gasteiger partial charge in [0.25, 0.3) is 0 Å². The Bertz CT molecular complexity index is 1830. The molecule has 0 aliphatic carbocycles. The number of ether oxygens (including phenoxy) is 3. The van der Waals surface area contributed by atoms with E-state index in [1.54, 1.807) is 6.08 Å². The van der Waals surface area contributed by atoms with Crippen LogP contribution in [0.15, 0.2) is 146 Å². The van der Waals surface area contributed by atoms with Crippen LogP contribution in [-0.2, 0) is 42.2 Å². The summed E-state index contributed by atoms with van der Waals surface area (Å²) in [6, 6.07) is 0. The Kier molecular flexibility index (Phi) is 53.1. The van der Waals surface area contributed by atoms with Gasteiger partial charge in [0.1, 0.15) is 12.7 Å². The molecule has 0 radical (unpaired) electrons. The number of phosphoric acid groups is 1. The number of hydrogen-bond donors (Lipinski definition) is 2. The molecule has 0 aliphatic heterocycles. The molecule has 0 saturated carbocycles. The normalized spacial score (nSPS) is 14.4. The Morgan fingerprint density at radius 1 is 0.382 bits per heavy atom. The summed E-state index contributed by atoms with van der Waals surface area (Å²) >= 11 is 0. The first-order chi connectivity index (χ1) is 37.2. The first-order valence-corrected chi connectivity index (χ1v) is 30.2. The molecule has 0 spiro atoms. The van der Waals surface area contributed by atoms with Crippen LogP contribution in [0.2, 0.25) is 0 Å². The molecule has 0 heterocycles. The second-order valence-electron chi connectivity index (χ2n) is 18.3. The lowest BCUT2D eigenvalue weighted by atomic mass is 10.1. The number of aliphatic hydroxyl groups is 1. The number of carbonyl (C=O) groups excluding carboxylic acids is 3. The van der Waals surface area contributed by atoms with Crippen molar-refractivity contribution >= 4 is 25.7 Å². The molecule has 12 heteroatoms. The predicted molar refractivity (Wildman–Crippen MR) is 316 cm³/mol. The van der Waals surface area contributed by atoms with Crippen LogP contribution in [-0.4, -0.2) is 66.5 Å². The summed E-state index contributed by atoms with van der Waals surface area (Å²) in [6.45, 7) is 4.13. The fourth-order valence-electron chi connectivity index (χ4n) is 7.02. The summed E-state index contributed by atoms with van der Waals surface area (Å²) in [5, 5.41) is 9.80. The summed E-state index contributed by atoms with van der Waals surface area (Å²) in [6.07, 6.45) is 72.6. The fourth-order valence-corrected chi connectivity index (χ4v) is 7.81. The van der Waals surface area contributed by atoms with Gasteiger partial charge in [0, 0.05) is 12.8 Å². The van der Waals surface area contributed by atoms with Gasteiger partial charge >= 0.3 is 25.7 Å². The average Bonchev–Trinajstić information content (AvgIpc) is 3.41. The van der Waals surface area contributed by atoms with Gasteiger partial charge in [-0.05, 0) is 116 Å². The van der Waals surface area contributed by atoms with Gasteiger partial charge in [-0.2, -0.15) is 0 Å². The second kappa shape index (κ2) is 56.6. The van der Waals surface area contributed by atoms with Crippen LogP contribution in [0.1, 0.15) is 201 Å². The molecule has 0 aromatic rings. The van der Waals surface area contributed by atoms with E-state index >= 15 is 0 Å². The zero-order valence-electron chi connectivity index (χ0n) is 47.2. The SMILES string of the molecule is CC/C=C\C/C=C\C/C=C\C/C=C\C/C=C\CC(=O)OC(CO)COP(=O)(O)OCC(COC(=O)CCCCCCC/C=C\C/C=C\C/C=C\CC)OC(=O)CCCCCCCC/C=C\C/C=C\C/C=C\C/C=C\CC. The number of aliphatic hydroxyl groups excluding tert-OH is 1. The molecule has 0 aromatic carbocycles. The Morgan fingerprint density at radius 2 is 0.697 bits per heavy atom. The molecule has 428 valence electrons. The monoisotopic (exact) mass is 1080 g/mol. The van der Waals surface area contributed by atoms with E-state index in [9.17, 15) is 28.9 Å². The lowest BCUT2D eigenvalue weighted by Gasteiger charge is -2.21. The molecule has 0 saturated heterocycles. The van der Waals surface area contributed by atoms with Crippen molar-refractivity contribution in [2.75, 3.05) is 26.4 Å². The Morgan fingerprint density at radius 3 is 1.09 bits per heavy atom. The number of phosphoric ester groups is 1. The topological polar surface area (TPSA) is 155 Å². The van der Waals surface area contributed by atoms with Crippen LogP contribution >= 0.6 is 7.82 Å². The van der Waals surface area contributed by atoms with Crippen molar-refractivity contribution < 1.29 is 52.2 Å². The predicted octanol–water partition coefficient (Wildman–Crippen LogP) is 17.1. The van der Waals surface area contributed by atoms with E-state index in [0.717, 1.165) is 141 Å². The third-order valence-corrected chi connectivity index (χ3v) is 12.2. The van der Waals surface area contributed by atoms with E-state index in [1.807, 2.05) is 18.2 Å². The zero-order valence-corrected chi connectivity index (χ0v) is 48.0. The molecule has 0 bridgehead atoms. The van der Waals surface area contributed by atoms with Crippen LogP contribution in [0.5, 0.6) is 0 Å². The van der Waals surface area contributed by atoms with E-state index in [4.69, 9.17) is 23.3 Å². The molecule has 3 atom stereocenters. The van der Waals surface area contributed by atoms with E-state index < -0.39 is 57.8 Å². The van der Waals surface area contributed by atoms with Crippen LogP contribution in [0.25, 0.3) is 0 Å². The third kappa shape index (κ3) is 54.2. The van der Waals surface area contributed by atoms with Crippen molar-refractivity contribution in [2.45, 2.75) is 213 Å². The van der Waals surface area contributed by atoms with E-state index in [-0.39, 0.29) is 25.9 Å². The number of allylic oxidation sites excluding steroid dienone is 23. The van der Waals surface area contributed by atoms with Gasteiger partial charge in [0.2, 0.25) is 0 Å². The van der Waals surface area contributed by atoms with Gasteiger partial charge in [-0.1, -0.05) is 212 Å². The number of rotatable bonds is 51. The lowest BCUT2D eigenvalue weighted by Crippen LogP contribution is -2.30. The smallest absolute Gasteiger partial charge is 0.462 e. The number of hydrogen-bond acceptors (Lipinski definition) is 10. The second-order valence-corrected chi connectivity index (χ2v) is 19.8. The minimum atomic E-state index is -4.79. The lowest BCUT2D eigenvalue weighted by molar-refractivity contribution is -0.161. The van der Waals surface area contributed by atoms with Crippen LogP contribution in [0, 0.1) is 0 Å². The highest BCUT2D eigenvalue weighted by molar-refractivity contribution is 7.47. The van der Waals surface area contributed by atoms with Crippen LogP contribution in [0.3, 0.4) is 0 Å². The van der Waals surface area contributed by atoms with E-state index in [1.165, 1.54) is 0 Å². The largest absolute Gasteiger partial charge is 0.472 e. The average molecular weight is 1080 g/mol. The summed E-state index contributed by atoms with van der Waals surface area (Å²) in [7, 11) is -4.79. The maximum absolute atomic E-state index is 12.9. The first kappa shape index (κ1) is 71.4. The summed E-state index contributed by atoms with van der Waals surface area (Å²) < 4.78 is 39.4. The van der Waals surface area contributed by atoms with Gasteiger partial charge in [-0.25, -0.2) is 4.57 Å². The summed E-state index contributed by atoms with van der Waals surface area (Å²) in [4.78, 5) is 48.5. The first-order valence-electron chi connectivity index (χ1n) is 28.7. The number of esters is 3. The Balaban J connectivity index is 4.88. The molecule has 2 N–H and O–H groups in total. The van der Waals surface area contributed by atoms with Crippen molar-refractivity contribution in [3.8, 4) is 0 Å². The maximum Gasteiger partial charge on any atom is 0.472 e. The van der Waals surface area contributed by atoms with Crippen molar-refractivity contribution in [1.82, 2.24) is 0 Å². The fraction of sp³-hybridized carbons (Fsp3) is 0.578. The highest BCUT2D eigenvalue weighted by Crippen LogP contribution is 2.43. The van der Waals surface area contributed by atoms with Crippen molar-refractivity contribution in [3.63, 3.8) is 0 Å². The van der Waals surface area contributed by atoms with Crippen LogP contribution < -0.4 is 0 Å². The highest BCUT2D eigenvalue weighted by Gasteiger charge is 2.28. The van der Waals surface area contributed by atoms with Crippen molar-refractivity contribution in [3.05, 3.63) is 146 Å².